The van der Waals surface area contributed by atoms with Crippen molar-refractivity contribution in [1.29, 1.82) is 0 Å². The Morgan fingerprint density at radius 2 is 1.86 bits per heavy atom. The summed E-state index contributed by atoms with van der Waals surface area (Å²) in [7, 11) is 0.986. The summed E-state index contributed by atoms with van der Waals surface area (Å²) in [6.45, 7) is 0. The van der Waals surface area contributed by atoms with Crippen LogP contribution in [-0.2, 0) is 6.18 Å². The predicted molar refractivity (Wildman–Crippen MR) is 45.7 cm³/mol. The number of halogens is 5. The lowest BCUT2D eigenvalue weighted by Gasteiger charge is -2.13. The van der Waals surface area contributed by atoms with Crippen molar-refractivity contribution in [2.45, 2.75) is 6.18 Å². The van der Waals surface area contributed by atoms with Crippen molar-refractivity contribution in [2.24, 2.45) is 0 Å². The van der Waals surface area contributed by atoms with E-state index in [4.69, 9.17) is 0 Å². The third kappa shape index (κ3) is 2.00. The smallest absolute Gasteiger partial charge is 0.421 e. The molecule has 0 fully saturated rings. The molecule has 1 nitrogen and oxygen atoms in total. The van der Waals surface area contributed by atoms with Gasteiger partial charge in [0.25, 0.3) is 0 Å². The Labute approximate surface area is 85.8 Å². The monoisotopic (exact) mass is 272 g/mol. The quantitative estimate of drug-likeness (QED) is 0.710. The van der Waals surface area contributed by atoms with Gasteiger partial charge in [-0.15, -0.1) is 0 Å². The molecule has 0 saturated heterocycles. The molecule has 1 aromatic rings. The Hall–Kier alpha value is -0.780. The normalized spacial score (nSPS) is 11.6. The summed E-state index contributed by atoms with van der Waals surface area (Å²) in [5.74, 6) is -1.84. The van der Waals surface area contributed by atoms with Crippen molar-refractivity contribution in [3.8, 4) is 5.75 Å². The summed E-state index contributed by atoms with van der Waals surface area (Å²) in [5.41, 5.74) is -1.14. The molecular weight excluding hydrogens is 268 g/mol. The fourth-order valence-corrected chi connectivity index (χ4v) is 1.53. The van der Waals surface area contributed by atoms with Crippen LogP contribution in [0.15, 0.2) is 16.6 Å². The number of hydrogen-bond acceptors (Lipinski definition) is 1. The topological polar surface area (TPSA) is 9.23 Å². The highest BCUT2D eigenvalue weighted by Crippen LogP contribution is 2.42. The minimum Gasteiger partial charge on any atom is -0.493 e. The number of ether oxygens (including phenoxy) is 1. The van der Waals surface area contributed by atoms with E-state index in [-0.39, 0.29) is 4.47 Å². The van der Waals surface area contributed by atoms with Gasteiger partial charge in [-0.25, -0.2) is 4.39 Å². The second kappa shape index (κ2) is 3.76. The SMILES string of the molecule is COc1c(F)ccc(Br)c1C(F)(F)F. The van der Waals surface area contributed by atoms with Gasteiger partial charge in [-0.2, -0.15) is 13.2 Å². The van der Waals surface area contributed by atoms with E-state index in [1.54, 1.807) is 0 Å². The van der Waals surface area contributed by atoms with Crippen molar-refractivity contribution in [3.63, 3.8) is 0 Å². The van der Waals surface area contributed by atoms with Crippen molar-refractivity contribution in [1.82, 2.24) is 0 Å². The molecule has 78 valence electrons. The van der Waals surface area contributed by atoms with Gasteiger partial charge in [-0.1, -0.05) is 15.9 Å². The van der Waals surface area contributed by atoms with Crippen LogP contribution in [0.4, 0.5) is 17.6 Å². The van der Waals surface area contributed by atoms with Crippen LogP contribution in [0.25, 0.3) is 0 Å². The summed E-state index contributed by atoms with van der Waals surface area (Å²) in [4.78, 5) is 0. The lowest BCUT2D eigenvalue weighted by atomic mass is 10.2. The van der Waals surface area contributed by atoms with Gasteiger partial charge in [0.15, 0.2) is 11.6 Å². The van der Waals surface area contributed by atoms with Crippen molar-refractivity contribution >= 4 is 15.9 Å². The highest BCUT2D eigenvalue weighted by atomic mass is 79.9. The molecule has 14 heavy (non-hydrogen) atoms. The average molecular weight is 273 g/mol. The van der Waals surface area contributed by atoms with E-state index in [9.17, 15) is 17.6 Å². The predicted octanol–water partition coefficient (Wildman–Crippen LogP) is 3.62. The summed E-state index contributed by atoms with van der Waals surface area (Å²) in [6.07, 6.45) is -4.65. The van der Waals surface area contributed by atoms with Gasteiger partial charge in [0.2, 0.25) is 0 Å². The Kier molecular flexibility index (Phi) is 3.04. The van der Waals surface area contributed by atoms with Crippen LogP contribution in [-0.4, -0.2) is 7.11 Å². The number of hydrogen-bond donors (Lipinski definition) is 0. The molecule has 0 aliphatic carbocycles. The fraction of sp³-hybridized carbons (Fsp3) is 0.250. The van der Waals surface area contributed by atoms with Crippen LogP contribution in [0.2, 0.25) is 0 Å². The molecule has 0 aromatic heterocycles. The van der Waals surface area contributed by atoms with Gasteiger partial charge in [0.1, 0.15) is 5.56 Å². The first-order valence-corrected chi connectivity index (χ1v) is 4.26. The van der Waals surface area contributed by atoms with Gasteiger partial charge >= 0.3 is 6.18 Å². The first-order valence-electron chi connectivity index (χ1n) is 3.47. The maximum atomic E-state index is 12.9. The molecule has 0 aliphatic rings. The van der Waals surface area contributed by atoms with Crippen LogP contribution in [0.3, 0.4) is 0 Å². The maximum Gasteiger partial charge on any atom is 0.421 e. The number of rotatable bonds is 1. The fourth-order valence-electron chi connectivity index (χ4n) is 0.997. The molecule has 6 heteroatoms. The average Bonchev–Trinajstić information content (AvgIpc) is 2.06. The highest BCUT2D eigenvalue weighted by Gasteiger charge is 2.38. The van der Waals surface area contributed by atoms with Crippen molar-refractivity contribution in [2.75, 3.05) is 7.11 Å². The summed E-state index contributed by atoms with van der Waals surface area (Å²) >= 11 is 2.69. The van der Waals surface area contributed by atoms with Gasteiger partial charge in [-0.05, 0) is 12.1 Å². The zero-order chi connectivity index (χ0) is 10.9. The second-order valence-electron chi connectivity index (χ2n) is 2.44. The van der Waals surface area contributed by atoms with E-state index in [0.29, 0.717) is 0 Å². The van der Waals surface area contributed by atoms with Gasteiger partial charge in [0, 0.05) is 4.47 Å². The van der Waals surface area contributed by atoms with E-state index in [2.05, 4.69) is 20.7 Å². The van der Waals surface area contributed by atoms with Crippen LogP contribution in [0.5, 0.6) is 5.75 Å². The van der Waals surface area contributed by atoms with Crippen LogP contribution < -0.4 is 4.74 Å². The van der Waals surface area contributed by atoms with Crippen LogP contribution in [0.1, 0.15) is 5.56 Å². The minimum atomic E-state index is -4.65. The van der Waals surface area contributed by atoms with Crippen LogP contribution in [0, 0.1) is 5.82 Å². The van der Waals surface area contributed by atoms with Crippen molar-refractivity contribution in [3.05, 3.63) is 28.0 Å². The van der Waals surface area contributed by atoms with Gasteiger partial charge in [-0.3, -0.25) is 0 Å². The molecule has 1 aromatic carbocycles. The maximum absolute atomic E-state index is 12.9. The zero-order valence-corrected chi connectivity index (χ0v) is 8.54. The van der Waals surface area contributed by atoms with Crippen LogP contribution >= 0.6 is 15.9 Å². The highest BCUT2D eigenvalue weighted by molar-refractivity contribution is 9.10. The van der Waals surface area contributed by atoms with E-state index in [0.717, 1.165) is 19.2 Å². The molecule has 0 aliphatic heterocycles. The Bertz CT molecular complexity index is 348. The standard InChI is InChI=1S/C8H5BrF4O/c1-14-7-5(10)3-2-4(9)6(7)8(11,12)13/h2-3H,1H3. The van der Waals surface area contributed by atoms with Gasteiger partial charge < -0.3 is 4.74 Å². The lowest BCUT2D eigenvalue weighted by Crippen LogP contribution is -2.09. The van der Waals surface area contributed by atoms with E-state index >= 15 is 0 Å². The molecule has 0 N–H and O–H groups in total. The number of alkyl halides is 3. The Morgan fingerprint density at radius 3 is 2.21 bits per heavy atom. The number of benzene rings is 1. The Balaban J connectivity index is 3.46. The molecule has 0 radical (unpaired) electrons. The third-order valence-corrected chi connectivity index (χ3v) is 2.21. The lowest BCUT2D eigenvalue weighted by molar-refractivity contribution is -0.139. The molecular formula is C8H5BrF4O. The van der Waals surface area contributed by atoms with E-state index in [1.807, 2.05) is 0 Å². The molecule has 1 rings (SSSR count). The minimum absolute atomic E-state index is 0.247. The Morgan fingerprint density at radius 1 is 1.29 bits per heavy atom. The summed E-state index contributed by atoms with van der Waals surface area (Å²) in [6, 6.07) is 1.89. The largest absolute Gasteiger partial charge is 0.493 e. The molecule has 0 atom stereocenters. The third-order valence-electron chi connectivity index (χ3n) is 1.55. The summed E-state index contributed by atoms with van der Waals surface area (Å²) < 4.78 is 54.2. The summed E-state index contributed by atoms with van der Waals surface area (Å²) in [5, 5.41) is 0. The van der Waals surface area contributed by atoms with Gasteiger partial charge in [0.05, 0.1) is 7.11 Å². The van der Waals surface area contributed by atoms with Crippen molar-refractivity contribution < 1.29 is 22.3 Å². The van der Waals surface area contributed by atoms with E-state index < -0.39 is 23.3 Å². The molecule has 0 spiro atoms. The molecule has 0 saturated carbocycles. The van der Waals surface area contributed by atoms with E-state index in [1.165, 1.54) is 0 Å². The first kappa shape index (κ1) is 11.3. The second-order valence-corrected chi connectivity index (χ2v) is 3.29. The number of methoxy groups -OCH3 is 1. The molecule has 0 bridgehead atoms. The zero-order valence-electron chi connectivity index (χ0n) is 6.95. The molecule has 0 amide bonds. The molecule has 0 heterocycles. The molecule has 0 unspecified atom stereocenters. The first-order chi connectivity index (χ1) is 6.38.